The summed E-state index contributed by atoms with van der Waals surface area (Å²) in [5.74, 6) is -0.745. The standard InChI is InChI=1S/C3H6O2.2CH3NOS.2Li/c1-2-3(4)5;2*2-1(3)4;;/h2H2,1H3,(H,4,5);2*(H3,2,3,4);;/q;;;2*+1/p-2. The van der Waals surface area contributed by atoms with Gasteiger partial charge in [0, 0.05) is 16.8 Å². The van der Waals surface area contributed by atoms with Crippen molar-refractivity contribution in [3.63, 3.8) is 0 Å². The molecule has 0 saturated carbocycles. The van der Waals surface area contributed by atoms with Gasteiger partial charge in [0.2, 0.25) is 0 Å². The Hall–Kier alpha value is 0.0448. The summed E-state index contributed by atoms with van der Waals surface area (Å²) in [5.41, 5.74) is 8.57. The monoisotopic (exact) mass is 240 g/mol. The quantitative estimate of drug-likeness (QED) is 0.303. The zero-order valence-corrected chi connectivity index (χ0v) is 10.5. The minimum Gasteiger partial charge on any atom is -0.852 e. The number of hydrogen-bond donors (Lipinski definition) is 3. The van der Waals surface area contributed by atoms with Gasteiger partial charge in [-0.25, -0.2) is 0 Å². The van der Waals surface area contributed by atoms with Gasteiger partial charge in [0.05, 0.1) is 0 Å². The van der Waals surface area contributed by atoms with Crippen molar-refractivity contribution >= 4 is 40.8 Å². The fourth-order valence-corrected chi connectivity index (χ4v) is 0. The Morgan fingerprint density at radius 3 is 1.27 bits per heavy atom. The van der Waals surface area contributed by atoms with Crippen molar-refractivity contribution in [1.82, 2.24) is 0 Å². The molecule has 0 aliphatic carbocycles. The molecule has 10 heteroatoms. The fourth-order valence-electron chi connectivity index (χ4n) is 0. The molecule has 0 heterocycles. The third kappa shape index (κ3) is 487. The number of carboxylic acids is 1. The van der Waals surface area contributed by atoms with Crippen molar-refractivity contribution in [3.8, 4) is 0 Å². The van der Waals surface area contributed by atoms with E-state index in [0.29, 0.717) is 0 Å². The first-order chi connectivity index (χ1) is 5.73. The first-order valence-corrected chi connectivity index (χ1v) is 3.70. The summed E-state index contributed by atoms with van der Waals surface area (Å²) in [6.07, 6.45) is 0.222. The molecule has 5 N–H and O–H groups in total. The smallest absolute Gasteiger partial charge is 0.852 e. The van der Waals surface area contributed by atoms with Crippen LogP contribution in [0, 0.1) is 0 Å². The van der Waals surface area contributed by atoms with Crippen LogP contribution in [0.4, 0.5) is 0 Å². The van der Waals surface area contributed by atoms with E-state index < -0.39 is 16.3 Å². The molecule has 0 radical (unpaired) electrons. The van der Waals surface area contributed by atoms with Crippen LogP contribution >= 0.6 is 24.4 Å². The van der Waals surface area contributed by atoms with Crippen molar-refractivity contribution in [1.29, 1.82) is 0 Å². The normalized spacial score (nSPS) is 5.67. The predicted octanol–water partition coefficient (Wildman–Crippen LogP) is -8.33. The summed E-state index contributed by atoms with van der Waals surface area (Å²) in [6.45, 7) is 1.60. The van der Waals surface area contributed by atoms with Crippen molar-refractivity contribution in [3.05, 3.63) is 0 Å². The van der Waals surface area contributed by atoms with Gasteiger partial charge in [-0.15, -0.1) is 0 Å². The van der Waals surface area contributed by atoms with Crippen molar-refractivity contribution < 1.29 is 57.8 Å². The van der Waals surface area contributed by atoms with E-state index in [4.69, 9.17) is 15.3 Å². The van der Waals surface area contributed by atoms with Crippen LogP contribution in [0.1, 0.15) is 13.3 Å². The van der Waals surface area contributed by atoms with Gasteiger partial charge in [-0.05, 0) is 0 Å². The molecule has 0 rings (SSSR count). The summed E-state index contributed by atoms with van der Waals surface area (Å²) in [5, 5.41) is 24.3. The maximum absolute atomic E-state index is 9.37. The third-order valence-electron chi connectivity index (χ3n) is 0.302. The summed E-state index contributed by atoms with van der Waals surface area (Å²) in [6, 6.07) is 0. The van der Waals surface area contributed by atoms with E-state index in [9.17, 15) is 4.79 Å². The molecule has 0 amide bonds. The molecule has 0 spiro atoms. The van der Waals surface area contributed by atoms with E-state index in [1.54, 1.807) is 6.92 Å². The van der Waals surface area contributed by atoms with Gasteiger partial charge in [0.25, 0.3) is 0 Å². The molecule has 0 atom stereocenters. The van der Waals surface area contributed by atoms with E-state index in [-0.39, 0.29) is 44.1 Å². The zero-order chi connectivity index (χ0) is 11.4. The van der Waals surface area contributed by atoms with Crippen LogP contribution < -0.4 is 59.4 Å². The molecule has 6 nitrogen and oxygen atoms in total. The molecule has 0 unspecified atom stereocenters. The van der Waals surface area contributed by atoms with E-state index in [1.165, 1.54) is 0 Å². The van der Waals surface area contributed by atoms with Crippen LogP contribution in [0.25, 0.3) is 0 Å². The van der Waals surface area contributed by atoms with E-state index in [2.05, 4.69) is 35.9 Å². The third-order valence-corrected chi connectivity index (χ3v) is 0.302. The van der Waals surface area contributed by atoms with Crippen LogP contribution in [-0.4, -0.2) is 21.4 Å². The van der Waals surface area contributed by atoms with Gasteiger partial charge in [-0.2, -0.15) is 0 Å². The Balaban J connectivity index is -0.0000000315. The Labute approximate surface area is 123 Å². The zero-order valence-electron chi connectivity index (χ0n) is 8.85. The molecule has 0 fully saturated rings. The van der Waals surface area contributed by atoms with Crippen LogP contribution in [-0.2, 0) is 4.79 Å². The second-order valence-corrected chi connectivity index (χ2v) is 2.19. The van der Waals surface area contributed by atoms with Gasteiger partial charge in [-0.3, -0.25) is 4.79 Å². The first kappa shape index (κ1) is 29.4. The number of rotatable bonds is 1. The maximum Gasteiger partial charge on any atom is 1.00 e. The van der Waals surface area contributed by atoms with Crippen LogP contribution in [0.5, 0.6) is 0 Å². The van der Waals surface area contributed by atoms with Gasteiger partial charge in [0.15, 0.2) is 0 Å². The predicted molar refractivity (Wildman–Crippen MR) is 51.5 cm³/mol. The Kier molecular flexibility index (Phi) is 46.4. The second kappa shape index (κ2) is 23.7. The van der Waals surface area contributed by atoms with Gasteiger partial charge >= 0.3 is 43.7 Å². The Morgan fingerprint density at radius 2 is 1.27 bits per heavy atom. The molecule has 0 aliphatic rings. The number of hydrogen-bond acceptors (Lipinski definition) is 5. The van der Waals surface area contributed by atoms with Gasteiger partial charge in [-0.1, -0.05) is 31.4 Å². The van der Waals surface area contributed by atoms with Crippen molar-refractivity contribution in [2.24, 2.45) is 11.5 Å². The summed E-state index contributed by atoms with van der Waals surface area (Å²) in [4.78, 5) is 9.37. The van der Waals surface area contributed by atoms with Gasteiger partial charge in [0.1, 0.15) is 0 Å². The summed E-state index contributed by atoms with van der Waals surface area (Å²) >= 11 is 7.52. The maximum atomic E-state index is 9.37. The average Bonchev–Trinajstić information content (AvgIpc) is 1.84. The molecule has 0 aromatic heterocycles. The summed E-state index contributed by atoms with van der Waals surface area (Å²) in [7, 11) is 0. The number of nitrogens with two attached hydrogens (primary N) is 2. The molecular weight excluding hydrogens is 230 g/mol. The fraction of sp³-hybridized carbons (Fsp3) is 0.400. The molecule has 0 aromatic rings. The molecule has 15 heavy (non-hydrogen) atoms. The minimum absolute atomic E-state index is 0. The summed E-state index contributed by atoms with van der Waals surface area (Å²) < 4.78 is 0. The topological polar surface area (TPSA) is 135 Å². The van der Waals surface area contributed by atoms with Crippen LogP contribution in [0.2, 0.25) is 0 Å². The van der Waals surface area contributed by atoms with E-state index in [1.807, 2.05) is 0 Å². The van der Waals surface area contributed by atoms with Gasteiger partial charge < -0.3 is 26.8 Å². The minimum atomic E-state index is -0.750. The van der Waals surface area contributed by atoms with E-state index in [0.717, 1.165) is 0 Å². The van der Waals surface area contributed by atoms with Crippen LogP contribution in [0.15, 0.2) is 0 Å². The number of aliphatic carboxylic acids is 1. The van der Waals surface area contributed by atoms with Crippen molar-refractivity contribution in [2.45, 2.75) is 13.3 Å². The molecule has 0 saturated heterocycles. The SMILES string of the molecule is CCC(=O)O.NC([O-])=S.NC([O-])=S.[Li+].[Li+]. The largest absolute Gasteiger partial charge is 1.00 e. The Bertz CT molecular complexity index is 162. The van der Waals surface area contributed by atoms with E-state index >= 15 is 0 Å². The first-order valence-electron chi connectivity index (χ1n) is 2.88. The molecule has 0 aliphatic heterocycles. The number of thiocarbonyl (C=S) groups is 2. The number of carbonyl (C=O) groups is 1. The second-order valence-electron chi connectivity index (χ2n) is 1.39. The molecule has 78 valence electrons. The van der Waals surface area contributed by atoms with Crippen LogP contribution in [0.3, 0.4) is 0 Å². The van der Waals surface area contributed by atoms with Crippen molar-refractivity contribution in [2.75, 3.05) is 0 Å². The number of carboxylic acid groups (broad SMARTS) is 1. The Morgan fingerprint density at radius 1 is 1.20 bits per heavy atom. The molecule has 0 bridgehead atoms. The molecule has 0 aromatic carbocycles. The molecular formula is C5H10Li2N2O4S2. The average molecular weight is 240 g/mol.